The van der Waals surface area contributed by atoms with E-state index in [-0.39, 0.29) is 19.3 Å². The van der Waals surface area contributed by atoms with E-state index in [4.69, 9.17) is 27.8 Å². The molecule has 1 aliphatic carbocycles. The third-order valence-electron chi connectivity index (χ3n) is 11.0. The number of carbonyl (C=O) groups excluding carboxylic acids is 3. The lowest BCUT2D eigenvalue weighted by atomic mass is 9.84. The number of phosphoric ester groups is 3. The van der Waals surface area contributed by atoms with Crippen LogP contribution in [0.1, 0.15) is 213 Å². The maximum absolute atomic E-state index is 13.5. The van der Waals surface area contributed by atoms with Gasteiger partial charge in [0.25, 0.3) is 0 Å². The lowest BCUT2D eigenvalue weighted by molar-refractivity contribution is -0.241. The van der Waals surface area contributed by atoms with Crippen molar-refractivity contribution in [2.24, 2.45) is 0 Å². The van der Waals surface area contributed by atoms with Gasteiger partial charge in [-0.1, -0.05) is 175 Å². The molecule has 21 heteroatoms. The van der Waals surface area contributed by atoms with Crippen LogP contribution in [0.2, 0.25) is 0 Å². The number of hydrogen-bond acceptors (Lipinski definition) is 12. The quantitative estimate of drug-likeness (QED) is 0.0145. The number of hydrogen-bond donors (Lipinski definition) is 6. The molecule has 0 spiro atoms. The molecular weight excluding hydrogens is 885 g/mol. The van der Waals surface area contributed by atoms with E-state index >= 15 is 0 Å². The number of esters is 3. The maximum atomic E-state index is 13.5. The van der Waals surface area contributed by atoms with Gasteiger partial charge in [-0.3, -0.25) is 28.0 Å². The second-order valence-electron chi connectivity index (χ2n) is 16.8. The largest absolute Gasteiger partial charge is 0.470 e. The van der Waals surface area contributed by atoms with Crippen molar-refractivity contribution in [3.63, 3.8) is 0 Å². The fourth-order valence-corrected chi connectivity index (χ4v) is 9.40. The van der Waals surface area contributed by atoms with E-state index in [1.165, 1.54) is 0 Å². The molecule has 0 aromatic rings. The fourth-order valence-electron chi connectivity index (χ4n) is 7.73. The molecule has 0 aromatic heterocycles. The number of phosphoric acid groups is 3. The van der Waals surface area contributed by atoms with Gasteiger partial charge in [0.05, 0.1) is 0 Å². The van der Waals surface area contributed by atoms with Gasteiger partial charge in [0, 0.05) is 19.3 Å². The Balaban J connectivity index is 3.51. The summed E-state index contributed by atoms with van der Waals surface area (Å²) < 4.78 is 69.0. The minimum absolute atomic E-state index is 0.221. The highest BCUT2D eigenvalue weighted by atomic mass is 31.2. The minimum atomic E-state index is -5.77. The fraction of sp³-hybridized carbons (Fsp3) is 0.929. The normalized spacial score (nSPS) is 20.7. The molecule has 0 aliphatic heterocycles. The molecule has 1 rings (SSSR count). The molecule has 6 N–H and O–H groups in total. The summed E-state index contributed by atoms with van der Waals surface area (Å²) in [5, 5.41) is 0. The molecule has 2 unspecified atom stereocenters. The maximum Gasteiger partial charge on any atom is 0.470 e. The van der Waals surface area contributed by atoms with Crippen molar-refractivity contribution in [1.82, 2.24) is 0 Å². The predicted octanol–water partition coefficient (Wildman–Crippen LogP) is 9.93. The molecule has 0 heterocycles. The molecule has 6 atom stereocenters. The third kappa shape index (κ3) is 30.6. The van der Waals surface area contributed by atoms with Gasteiger partial charge in [0.15, 0.2) is 18.3 Å². The number of unbranched alkanes of at least 4 members (excludes halogenated alkanes) is 24. The van der Waals surface area contributed by atoms with Crippen LogP contribution in [0.4, 0.5) is 0 Å². The Morgan fingerprint density at radius 1 is 0.317 bits per heavy atom. The third-order valence-corrected chi connectivity index (χ3v) is 12.5. The first-order valence-corrected chi connectivity index (χ1v) is 28.2. The highest BCUT2D eigenvalue weighted by Gasteiger charge is 2.62. The lowest BCUT2D eigenvalue weighted by Crippen LogP contribution is -2.67. The van der Waals surface area contributed by atoms with Gasteiger partial charge in [-0.25, -0.2) is 13.7 Å². The van der Waals surface area contributed by atoms with E-state index in [0.29, 0.717) is 38.5 Å². The van der Waals surface area contributed by atoms with Gasteiger partial charge in [-0.05, 0) is 19.3 Å². The average molecular weight is 967 g/mol. The average Bonchev–Trinajstić information content (AvgIpc) is 3.18. The zero-order valence-corrected chi connectivity index (χ0v) is 40.8. The van der Waals surface area contributed by atoms with Gasteiger partial charge in [0.1, 0.15) is 18.3 Å². The van der Waals surface area contributed by atoms with Crippen molar-refractivity contribution in [3.05, 3.63) is 0 Å². The Hall–Kier alpha value is -1.26. The summed E-state index contributed by atoms with van der Waals surface area (Å²) >= 11 is 0. The van der Waals surface area contributed by atoms with Crippen LogP contribution in [0.5, 0.6) is 0 Å². The number of ether oxygens (including phenoxy) is 3. The number of rotatable bonds is 39. The Bertz CT molecular complexity index is 1310. The second kappa shape index (κ2) is 34.1. The molecule has 0 radical (unpaired) electrons. The molecule has 0 aromatic carbocycles. The Morgan fingerprint density at radius 3 is 0.698 bits per heavy atom. The first-order chi connectivity index (χ1) is 29.8. The summed E-state index contributed by atoms with van der Waals surface area (Å²) in [6.45, 7) is 6.39. The molecule has 1 aliphatic rings. The Kier molecular flexibility index (Phi) is 32.3. The standard InChI is InChI=1S/C42H81O18P3/c1-4-7-10-13-16-19-22-25-28-31-34(43)55-37-38(56-35(44)32-29-26-23-20-17-14-11-8-5-2)40(58-61(46,47)48)42(60-63(52,53)54)41(59-62(49,50)51)39(37)57-36(45)33-30-27-24-21-18-15-12-9-6-3/h37-42H,4-33H2,1-3H3,(H2,46,47,48)(H2,49,50,51)(H2,52,53,54)/t37?,38-,39+,40-,41-,42?/m1/s1. The predicted molar refractivity (Wildman–Crippen MR) is 236 cm³/mol. The first kappa shape index (κ1) is 59.8. The smallest absolute Gasteiger partial charge is 0.455 e. The van der Waals surface area contributed by atoms with Crippen LogP contribution in [0.25, 0.3) is 0 Å². The lowest BCUT2D eigenvalue weighted by Gasteiger charge is -2.47. The molecule has 372 valence electrons. The van der Waals surface area contributed by atoms with Crippen molar-refractivity contribution >= 4 is 41.4 Å². The van der Waals surface area contributed by atoms with Crippen LogP contribution in [-0.2, 0) is 55.9 Å². The second-order valence-corrected chi connectivity index (χ2v) is 20.4. The molecule has 1 fully saturated rings. The van der Waals surface area contributed by atoms with Crippen molar-refractivity contribution < 1.29 is 85.2 Å². The Morgan fingerprint density at radius 2 is 0.492 bits per heavy atom. The van der Waals surface area contributed by atoms with Crippen LogP contribution < -0.4 is 0 Å². The van der Waals surface area contributed by atoms with Crippen LogP contribution in [-0.4, -0.2) is 83.9 Å². The van der Waals surface area contributed by atoms with Crippen molar-refractivity contribution in [1.29, 1.82) is 0 Å². The molecule has 63 heavy (non-hydrogen) atoms. The van der Waals surface area contributed by atoms with Gasteiger partial charge in [-0.15, -0.1) is 0 Å². The number of carbonyl (C=O) groups is 3. The topological polar surface area (TPSA) is 279 Å². The van der Waals surface area contributed by atoms with Gasteiger partial charge in [0.2, 0.25) is 0 Å². The van der Waals surface area contributed by atoms with E-state index < -0.39 is 78.0 Å². The molecule has 0 amide bonds. The SMILES string of the molecule is CCCCCCCCCCCC(=O)OC1[C@@H](OC(=O)CCCCCCCCCCC)[C@@H](OP(=O)(O)O)C(OP(=O)(O)O)[C@H](OP(=O)(O)O)[C@H]1OC(=O)CCCCCCCCCCC. The summed E-state index contributed by atoms with van der Waals surface area (Å²) in [5.74, 6) is -2.94. The van der Waals surface area contributed by atoms with E-state index in [2.05, 4.69) is 20.8 Å². The van der Waals surface area contributed by atoms with Crippen LogP contribution >= 0.6 is 23.5 Å². The van der Waals surface area contributed by atoms with Crippen molar-refractivity contribution in [3.8, 4) is 0 Å². The van der Waals surface area contributed by atoms with Gasteiger partial charge < -0.3 is 43.6 Å². The zero-order chi connectivity index (χ0) is 47.2. The van der Waals surface area contributed by atoms with E-state index in [1.807, 2.05) is 0 Å². The zero-order valence-electron chi connectivity index (χ0n) is 38.1. The van der Waals surface area contributed by atoms with Gasteiger partial charge in [-0.2, -0.15) is 0 Å². The van der Waals surface area contributed by atoms with Crippen LogP contribution in [0, 0.1) is 0 Å². The highest BCUT2D eigenvalue weighted by molar-refractivity contribution is 7.47. The summed E-state index contributed by atoms with van der Waals surface area (Å²) in [5.41, 5.74) is 0. The van der Waals surface area contributed by atoms with Crippen molar-refractivity contribution in [2.75, 3.05) is 0 Å². The molecule has 18 nitrogen and oxygen atoms in total. The summed E-state index contributed by atoms with van der Waals surface area (Å²) in [7, 11) is -17.3. The van der Waals surface area contributed by atoms with E-state index in [1.54, 1.807) is 0 Å². The molecule has 1 saturated carbocycles. The van der Waals surface area contributed by atoms with Crippen LogP contribution in [0.3, 0.4) is 0 Å². The summed E-state index contributed by atoms with van der Waals surface area (Å²) in [4.78, 5) is 100. The molecule has 0 bridgehead atoms. The molecule has 0 saturated heterocycles. The first-order valence-electron chi connectivity index (χ1n) is 23.6. The van der Waals surface area contributed by atoms with Crippen LogP contribution in [0.15, 0.2) is 0 Å². The highest BCUT2D eigenvalue weighted by Crippen LogP contribution is 2.51. The monoisotopic (exact) mass is 966 g/mol. The summed E-state index contributed by atoms with van der Waals surface area (Å²) in [6, 6.07) is 0. The minimum Gasteiger partial charge on any atom is -0.455 e. The van der Waals surface area contributed by atoms with E-state index in [9.17, 15) is 57.4 Å². The van der Waals surface area contributed by atoms with Gasteiger partial charge >= 0.3 is 41.4 Å². The molecular formula is C42H81O18P3. The Labute approximate surface area is 375 Å². The summed E-state index contributed by atoms with van der Waals surface area (Å²) in [6.07, 6.45) is 9.87. The van der Waals surface area contributed by atoms with E-state index in [0.717, 1.165) is 135 Å². The van der Waals surface area contributed by atoms with Crippen molar-refractivity contribution in [2.45, 2.75) is 250 Å².